The zero-order valence-electron chi connectivity index (χ0n) is 14.5. The maximum atomic E-state index is 12.9. The number of hydrogen-bond donors (Lipinski definition) is 0. The zero-order valence-corrected chi connectivity index (χ0v) is 14.5. The summed E-state index contributed by atoms with van der Waals surface area (Å²) >= 11 is 0. The highest BCUT2D eigenvalue weighted by Crippen LogP contribution is 2.35. The first-order valence-electron chi connectivity index (χ1n) is 8.74. The van der Waals surface area contributed by atoms with Crippen LogP contribution in [0.4, 0.5) is 5.82 Å². The molecule has 4 rings (SSSR count). The van der Waals surface area contributed by atoms with Gasteiger partial charge in [-0.1, -0.05) is 6.07 Å². The van der Waals surface area contributed by atoms with Crippen molar-refractivity contribution in [2.24, 2.45) is 5.41 Å². The van der Waals surface area contributed by atoms with E-state index in [1.165, 1.54) is 0 Å². The van der Waals surface area contributed by atoms with E-state index in [1.807, 2.05) is 36.2 Å². The molecule has 2 aliphatic rings. The summed E-state index contributed by atoms with van der Waals surface area (Å²) < 4.78 is 11.2. The van der Waals surface area contributed by atoms with Gasteiger partial charge >= 0.3 is 0 Å². The number of furan rings is 1. The minimum absolute atomic E-state index is 0.0346. The van der Waals surface area contributed by atoms with E-state index in [2.05, 4.69) is 9.88 Å². The molecule has 0 bridgehead atoms. The summed E-state index contributed by atoms with van der Waals surface area (Å²) in [6.07, 6.45) is 4.39. The molecular weight excluding hydrogens is 318 g/mol. The summed E-state index contributed by atoms with van der Waals surface area (Å²) in [6, 6.07) is 7.73. The number of aryl methyl sites for hydroxylation is 1. The van der Waals surface area contributed by atoms with Gasteiger partial charge in [-0.15, -0.1) is 0 Å². The summed E-state index contributed by atoms with van der Waals surface area (Å²) in [4.78, 5) is 21.6. The number of hydrogen-bond acceptors (Lipinski definition) is 5. The van der Waals surface area contributed by atoms with Gasteiger partial charge in [-0.05, 0) is 31.5 Å². The number of aromatic nitrogens is 1. The molecule has 2 aromatic rings. The lowest BCUT2D eigenvalue weighted by Gasteiger charge is -2.32. The van der Waals surface area contributed by atoms with Crippen LogP contribution in [-0.4, -0.2) is 55.2 Å². The Hall–Kier alpha value is -2.34. The fraction of sp³-hybridized carbons (Fsp3) is 0.474. The van der Waals surface area contributed by atoms with Crippen molar-refractivity contribution in [1.29, 1.82) is 0 Å². The second kappa shape index (κ2) is 6.52. The van der Waals surface area contributed by atoms with Crippen molar-refractivity contribution >= 4 is 11.7 Å². The van der Waals surface area contributed by atoms with Crippen LogP contribution in [0.15, 0.2) is 41.1 Å². The minimum atomic E-state index is -0.0404. The molecule has 1 spiro atoms. The average Bonchev–Trinajstić information content (AvgIpc) is 3.18. The van der Waals surface area contributed by atoms with E-state index in [-0.39, 0.29) is 11.3 Å². The van der Waals surface area contributed by atoms with Gasteiger partial charge in [-0.3, -0.25) is 4.79 Å². The van der Waals surface area contributed by atoms with Gasteiger partial charge in [0.1, 0.15) is 11.6 Å². The number of pyridine rings is 1. The molecule has 25 heavy (non-hydrogen) atoms. The predicted octanol–water partition coefficient (Wildman–Crippen LogP) is 2.35. The molecule has 2 aromatic heterocycles. The molecule has 2 saturated heterocycles. The molecule has 132 valence electrons. The van der Waals surface area contributed by atoms with Crippen LogP contribution >= 0.6 is 0 Å². The molecule has 4 heterocycles. The first-order chi connectivity index (χ1) is 12.2. The molecule has 2 aliphatic heterocycles. The van der Waals surface area contributed by atoms with Gasteiger partial charge in [-0.25, -0.2) is 4.98 Å². The summed E-state index contributed by atoms with van der Waals surface area (Å²) in [5.74, 6) is 1.70. The molecule has 1 atom stereocenters. The number of carbonyl (C=O) groups excluding carboxylic acids is 1. The van der Waals surface area contributed by atoms with Gasteiger partial charge in [0.25, 0.3) is 5.91 Å². The van der Waals surface area contributed by atoms with Crippen LogP contribution < -0.4 is 4.90 Å². The topological polar surface area (TPSA) is 58.8 Å². The van der Waals surface area contributed by atoms with Gasteiger partial charge in [0, 0.05) is 37.8 Å². The smallest absolute Gasteiger partial charge is 0.257 e. The first kappa shape index (κ1) is 16.1. The normalized spacial score (nSPS) is 23.9. The van der Waals surface area contributed by atoms with Crippen LogP contribution in [0.1, 0.15) is 22.5 Å². The SMILES string of the molecule is Cc1occc1C(=O)N1CCOC[C@]2(CCN(c3ccccn3)C2)C1. The lowest BCUT2D eigenvalue weighted by atomic mass is 9.87. The average molecular weight is 341 g/mol. The number of nitrogens with zero attached hydrogens (tertiary/aromatic N) is 3. The minimum Gasteiger partial charge on any atom is -0.469 e. The summed E-state index contributed by atoms with van der Waals surface area (Å²) in [6.45, 7) is 6.22. The largest absolute Gasteiger partial charge is 0.469 e. The van der Waals surface area contributed by atoms with Crippen LogP contribution in [-0.2, 0) is 4.74 Å². The molecule has 0 radical (unpaired) electrons. The molecule has 1 amide bonds. The Balaban J connectivity index is 1.52. The molecular formula is C19H23N3O3. The monoisotopic (exact) mass is 341 g/mol. The fourth-order valence-electron chi connectivity index (χ4n) is 3.86. The van der Waals surface area contributed by atoms with Crippen molar-refractivity contribution < 1.29 is 13.9 Å². The zero-order chi connectivity index (χ0) is 17.3. The van der Waals surface area contributed by atoms with Crippen LogP contribution in [0.5, 0.6) is 0 Å². The van der Waals surface area contributed by atoms with Crippen molar-refractivity contribution in [3.63, 3.8) is 0 Å². The Morgan fingerprint density at radius 1 is 1.24 bits per heavy atom. The van der Waals surface area contributed by atoms with Crippen molar-refractivity contribution in [2.75, 3.05) is 44.3 Å². The first-order valence-corrected chi connectivity index (χ1v) is 8.74. The van der Waals surface area contributed by atoms with E-state index in [9.17, 15) is 4.79 Å². The second-order valence-electron chi connectivity index (χ2n) is 7.03. The molecule has 0 saturated carbocycles. The number of ether oxygens (including phenoxy) is 1. The second-order valence-corrected chi connectivity index (χ2v) is 7.03. The molecule has 0 aromatic carbocycles. The van der Waals surface area contributed by atoms with Crippen LogP contribution in [0.3, 0.4) is 0 Å². The van der Waals surface area contributed by atoms with E-state index >= 15 is 0 Å². The fourth-order valence-corrected chi connectivity index (χ4v) is 3.86. The molecule has 2 fully saturated rings. The third kappa shape index (κ3) is 3.14. The summed E-state index contributed by atoms with van der Waals surface area (Å²) in [5.41, 5.74) is 0.609. The van der Waals surface area contributed by atoms with Gasteiger partial charge in [0.05, 0.1) is 25.0 Å². The molecule has 0 unspecified atom stereocenters. The third-order valence-electron chi connectivity index (χ3n) is 5.23. The predicted molar refractivity (Wildman–Crippen MR) is 93.7 cm³/mol. The van der Waals surface area contributed by atoms with Crippen LogP contribution in [0.2, 0.25) is 0 Å². The van der Waals surface area contributed by atoms with Gasteiger partial charge in [0.15, 0.2) is 0 Å². The van der Waals surface area contributed by atoms with Crippen molar-refractivity contribution in [1.82, 2.24) is 9.88 Å². The highest BCUT2D eigenvalue weighted by atomic mass is 16.5. The van der Waals surface area contributed by atoms with E-state index in [4.69, 9.17) is 9.15 Å². The Morgan fingerprint density at radius 3 is 2.92 bits per heavy atom. The molecule has 0 N–H and O–H groups in total. The third-order valence-corrected chi connectivity index (χ3v) is 5.23. The van der Waals surface area contributed by atoms with Gasteiger partial charge < -0.3 is 19.0 Å². The molecule has 6 heteroatoms. The number of carbonyl (C=O) groups is 1. The number of anilines is 1. The van der Waals surface area contributed by atoms with Crippen molar-refractivity contribution in [3.05, 3.63) is 48.0 Å². The lowest BCUT2D eigenvalue weighted by Crippen LogP contribution is -2.43. The standard InChI is InChI=1S/C19H23N3O3/c1-15-16(5-10-25-15)18(23)22-9-11-24-14-19(13-22)6-8-21(12-19)17-4-2-3-7-20-17/h2-5,7,10H,6,8-9,11-14H2,1H3/t19-/m0/s1. The highest BCUT2D eigenvalue weighted by Gasteiger charge is 2.42. The lowest BCUT2D eigenvalue weighted by molar-refractivity contribution is 0.0689. The maximum Gasteiger partial charge on any atom is 0.257 e. The Labute approximate surface area is 147 Å². The Kier molecular flexibility index (Phi) is 4.21. The molecule has 0 aliphatic carbocycles. The van der Waals surface area contributed by atoms with E-state index < -0.39 is 0 Å². The van der Waals surface area contributed by atoms with Crippen molar-refractivity contribution in [2.45, 2.75) is 13.3 Å². The maximum absolute atomic E-state index is 12.9. The van der Waals surface area contributed by atoms with Crippen molar-refractivity contribution in [3.8, 4) is 0 Å². The van der Waals surface area contributed by atoms with E-state index in [1.54, 1.807) is 12.3 Å². The molecule has 6 nitrogen and oxygen atoms in total. The van der Waals surface area contributed by atoms with E-state index in [0.29, 0.717) is 37.6 Å². The highest BCUT2D eigenvalue weighted by molar-refractivity contribution is 5.95. The van der Waals surface area contributed by atoms with Gasteiger partial charge in [-0.2, -0.15) is 0 Å². The Morgan fingerprint density at radius 2 is 2.16 bits per heavy atom. The quantitative estimate of drug-likeness (QED) is 0.839. The van der Waals surface area contributed by atoms with Crippen LogP contribution in [0, 0.1) is 12.3 Å². The number of amides is 1. The van der Waals surface area contributed by atoms with Crippen LogP contribution in [0.25, 0.3) is 0 Å². The van der Waals surface area contributed by atoms with E-state index in [0.717, 1.165) is 25.3 Å². The number of rotatable bonds is 2. The summed E-state index contributed by atoms with van der Waals surface area (Å²) in [5, 5.41) is 0. The Bertz CT molecular complexity index is 745. The van der Waals surface area contributed by atoms with Gasteiger partial charge in [0.2, 0.25) is 0 Å². The summed E-state index contributed by atoms with van der Waals surface area (Å²) in [7, 11) is 0.